The van der Waals surface area contributed by atoms with Gasteiger partial charge in [0.2, 0.25) is 0 Å². The highest BCUT2D eigenvalue weighted by molar-refractivity contribution is 5.94. The standard InChI is InChI=1S/C18H23N3O2/c1-13(2)10-19-17-9-8-15(12-20-17)18(22)21-11-14-6-4-5-7-16(14)23-3/h4-9,12-13H,10-11H2,1-3H3,(H,19,20)(H,21,22). The van der Waals surface area contributed by atoms with Crippen molar-refractivity contribution >= 4 is 11.7 Å². The molecule has 2 rings (SSSR count). The fourth-order valence-electron chi connectivity index (χ4n) is 2.07. The largest absolute Gasteiger partial charge is 0.496 e. The Labute approximate surface area is 137 Å². The maximum Gasteiger partial charge on any atom is 0.253 e. The molecule has 0 radical (unpaired) electrons. The number of aromatic nitrogens is 1. The molecule has 122 valence electrons. The van der Waals surface area contributed by atoms with E-state index < -0.39 is 0 Å². The number of nitrogens with one attached hydrogen (secondary N) is 2. The van der Waals surface area contributed by atoms with E-state index in [0.717, 1.165) is 23.7 Å². The summed E-state index contributed by atoms with van der Waals surface area (Å²) in [5, 5.41) is 6.10. The first kappa shape index (κ1) is 16.8. The number of hydrogen-bond donors (Lipinski definition) is 2. The van der Waals surface area contributed by atoms with Crippen LogP contribution >= 0.6 is 0 Å². The molecule has 1 amide bonds. The first-order valence-electron chi connectivity index (χ1n) is 7.70. The number of pyridine rings is 1. The van der Waals surface area contributed by atoms with Crippen LogP contribution in [0.3, 0.4) is 0 Å². The van der Waals surface area contributed by atoms with Gasteiger partial charge in [-0.15, -0.1) is 0 Å². The lowest BCUT2D eigenvalue weighted by molar-refractivity contribution is 0.0950. The summed E-state index contributed by atoms with van der Waals surface area (Å²) in [7, 11) is 1.62. The Morgan fingerprint density at radius 1 is 1.22 bits per heavy atom. The van der Waals surface area contributed by atoms with Gasteiger partial charge in [0.25, 0.3) is 5.91 Å². The molecule has 0 saturated carbocycles. The fraction of sp³-hybridized carbons (Fsp3) is 0.333. The van der Waals surface area contributed by atoms with Gasteiger partial charge in [0, 0.05) is 24.8 Å². The molecule has 1 aromatic carbocycles. The van der Waals surface area contributed by atoms with Gasteiger partial charge < -0.3 is 15.4 Å². The zero-order chi connectivity index (χ0) is 16.7. The number of rotatable bonds is 7. The predicted molar refractivity (Wildman–Crippen MR) is 91.7 cm³/mol. The Bertz CT molecular complexity index is 639. The molecule has 5 nitrogen and oxygen atoms in total. The number of benzene rings is 1. The summed E-state index contributed by atoms with van der Waals surface area (Å²) in [6, 6.07) is 11.2. The molecule has 0 unspecified atom stereocenters. The zero-order valence-corrected chi connectivity index (χ0v) is 13.8. The highest BCUT2D eigenvalue weighted by Crippen LogP contribution is 2.17. The number of amides is 1. The van der Waals surface area contributed by atoms with E-state index in [1.807, 2.05) is 30.3 Å². The van der Waals surface area contributed by atoms with Crippen LogP contribution in [0.25, 0.3) is 0 Å². The summed E-state index contributed by atoms with van der Waals surface area (Å²) in [5.41, 5.74) is 1.47. The third-order valence-electron chi connectivity index (χ3n) is 3.35. The molecule has 0 saturated heterocycles. The molecule has 0 fully saturated rings. The fourth-order valence-corrected chi connectivity index (χ4v) is 2.07. The molecule has 5 heteroatoms. The van der Waals surface area contributed by atoms with Crippen LogP contribution in [-0.4, -0.2) is 24.5 Å². The molecule has 0 aliphatic carbocycles. The van der Waals surface area contributed by atoms with E-state index in [0.29, 0.717) is 18.0 Å². The number of para-hydroxylation sites is 1. The van der Waals surface area contributed by atoms with Crippen molar-refractivity contribution in [1.29, 1.82) is 0 Å². The van der Waals surface area contributed by atoms with Crippen molar-refractivity contribution in [2.45, 2.75) is 20.4 Å². The Kier molecular flexibility index (Phi) is 5.97. The minimum atomic E-state index is -0.154. The SMILES string of the molecule is COc1ccccc1CNC(=O)c1ccc(NCC(C)C)nc1. The molecule has 1 heterocycles. The lowest BCUT2D eigenvalue weighted by Gasteiger charge is -2.10. The van der Waals surface area contributed by atoms with E-state index in [-0.39, 0.29) is 5.91 Å². The number of methoxy groups -OCH3 is 1. The molecule has 1 aromatic heterocycles. The summed E-state index contributed by atoms with van der Waals surface area (Å²) in [6.07, 6.45) is 1.58. The van der Waals surface area contributed by atoms with E-state index in [4.69, 9.17) is 4.74 Å². The lowest BCUT2D eigenvalue weighted by Crippen LogP contribution is -2.23. The molecule has 0 atom stereocenters. The van der Waals surface area contributed by atoms with Crippen LogP contribution < -0.4 is 15.4 Å². The normalized spacial score (nSPS) is 10.4. The number of carbonyl (C=O) groups excluding carboxylic acids is 1. The average Bonchev–Trinajstić information content (AvgIpc) is 2.58. The summed E-state index contributed by atoms with van der Waals surface area (Å²) in [5.74, 6) is 1.93. The molecule has 23 heavy (non-hydrogen) atoms. The van der Waals surface area contributed by atoms with E-state index in [9.17, 15) is 4.79 Å². The van der Waals surface area contributed by atoms with E-state index in [2.05, 4.69) is 29.5 Å². The first-order chi connectivity index (χ1) is 11.1. The van der Waals surface area contributed by atoms with Crippen LogP contribution in [0.15, 0.2) is 42.6 Å². The minimum Gasteiger partial charge on any atom is -0.496 e. The van der Waals surface area contributed by atoms with Crippen LogP contribution in [0, 0.1) is 5.92 Å². The molecular formula is C18H23N3O2. The smallest absolute Gasteiger partial charge is 0.253 e. The summed E-state index contributed by atoms with van der Waals surface area (Å²) in [4.78, 5) is 16.4. The van der Waals surface area contributed by atoms with Crippen LogP contribution in [0.5, 0.6) is 5.75 Å². The van der Waals surface area contributed by atoms with E-state index >= 15 is 0 Å². The number of carbonyl (C=O) groups is 1. The predicted octanol–water partition coefficient (Wildman–Crippen LogP) is 3.09. The van der Waals surface area contributed by atoms with E-state index in [1.54, 1.807) is 19.4 Å². The van der Waals surface area contributed by atoms with Gasteiger partial charge in [-0.2, -0.15) is 0 Å². The second kappa shape index (κ2) is 8.17. The lowest BCUT2D eigenvalue weighted by atomic mass is 10.2. The Morgan fingerprint density at radius 2 is 2.00 bits per heavy atom. The highest BCUT2D eigenvalue weighted by Gasteiger charge is 2.08. The topological polar surface area (TPSA) is 63.2 Å². The minimum absolute atomic E-state index is 0.154. The van der Waals surface area contributed by atoms with Gasteiger partial charge in [0.15, 0.2) is 0 Å². The highest BCUT2D eigenvalue weighted by atomic mass is 16.5. The second-order valence-corrected chi connectivity index (χ2v) is 5.70. The van der Waals surface area contributed by atoms with Crippen LogP contribution in [0.2, 0.25) is 0 Å². The van der Waals surface area contributed by atoms with Gasteiger partial charge in [0.1, 0.15) is 11.6 Å². The Morgan fingerprint density at radius 3 is 2.65 bits per heavy atom. The van der Waals surface area contributed by atoms with Gasteiger partial charge in [-0.25, -0.2) is 4.98 Å². The molecule has 0 aliphatic heterocycles. The monoisotopic (exact) mass is 313 g/mol. The second-order valence-electron chi connectivity index (χ2n) is 5.70. The van der Waals surface area contributed by atoms with E-state index in [1.165, 1.54) is 0 Å². The van der Waals surface area contributed by atoms with Crippen molar-refractivity contribution in [3.8, 4) is 5.75 Å². The van der Waals surface area contributed by atoms with Crippen LogP contribution in [-0.2, 0) is 6.54 Å². The summed E-state index contributed by atoms with van der Waals surface area (Å²) < 4.78 is 5.27. The van der Waals surface area contributed by atoms with Crippen molar-refractivity contribution in [1.82, 2.24) is 10.3 Å². The van der Waals surface area contributed by atoms with Crippen molar-refractivity contribution in [3.63, 3.8) is 0 Å². The van der Waals surface area contributed by atoms with Gasteiger partial charge in [0.05, 0.1) is 12.7 Å². The Hall–Kier alpha value is -2.56. The van der Waals surface area contributed by atoms with Gasteiger partial charge >= 0.3 is 0 Å². The molecular weight excluding hydrogens is 290 g/mol. The zero-order valence-electron chi connectivity index (χ0n) is 13.8. The van der Waals surface area contributed by atoms with Crippen molar-refractivity contribution in [3.05, 3.63) is 53.7 Å². The van der Waals surface area contributed by atoms with Crippen molar-refractivity contribution in [2.24, 2.45) is 5.92 Å². The van der Waals surface area contributed by atoms with Gasteiger partial charge in [-0.3, -0.25) is 4.79 Å². The maximum absolute atomic E-state index is 12.2. The quantitative estimate of drug-likeness (QED) is 0.824. The molecule has 0 spiro atoms. The Balaban J connectivity index is 1.93. The number of ether oxygens (including phenoxy) is 1. The summed E-state index contributed by atoms with van der Waals surface area (Å²) >= 11 is 0. The average molecular weight is 313 g/mol. The molecule has 2 N–H and O–H groups in total. The molecule has 0 bridgehead atoms. The summed E-state index contributed by atoms with van der Waals surface area (Å²) in [6.45, 7) is 5.53. The third kappa shape index (κ3) is 4.98. The van der Waals surface area contributed by atoms with Crippen molar-refractivity contribution in [2.75, 3.05) is 19.0 Å². The number of nitrogens with zero attached hydrogens (tertiary/aromatic N) is 1. The third-order valence-corrected chi connectivity index (χ3v) is 3.35. The van der Waals surface area contributed by atoms with Crippen molar-refractivity contribution < 1.29 is 9.53 Å². The number of anilines is 1. The number of hydrogen-bond acceptors (Lipinski definition) is 4. The van der Waals surface area contributed by atoms with Crippen LogP contribution in [0.4, 0.5) is 5.82 Å². The van der Waals surface area contributed by atoms with Gasteiger partial charge in [-0.1, -0.05) is 32.0 Å². The van der Waals surface area contributed by atoms with Gasteiger partial charge in [-0.05, 0) is 24.1 Å². The maximum atomic E-state index is 12.2. The van der Waals surface area contributed by atoms with Crippen LogP contribution in [0.1, 0.15) is 29.8 Å². The first-order valence-corrected chi connectivity index (χ1v) is 7.70. The molecule has 0 aliphatic rings. The molecule has 2 aromatic rings.